The van der Waals surface area contributed by atoms with Gasteiger partial charge in [-0.15, -0.1) is 0 Å². The molecule has 0 radical (unpaired) electrons. The topological polar surface area (TPSA) is 123 Å². The maximum absolute atomic E-state index is 11.1. The normalized spacial score (nSPS) is 12.4. The van der Waals surface area contributed by atoms with E-state index in [2.05, 4.69) is 4.98 Å². The minimum absolute atomic E-state index is 0.0358. The Hall–Kier alpha value is -1.89. The molecule has 1 aromatic heterocycles. The fourth-order valence-corrected chi connectivity index (χ4v) is 1.06. The highest BCUT2D eigenvalue weighted by Gasteiger charge is 2.22. The third-order valence-electron chi connectivity index (χ3n) is 1.68. The van der Waals surface area contributed by atoms with Crippen LogP contribution in [0.5, 0.6) is 0 Å². The first-order valence-corrected chi connectivity index (χ1v) is 3.67. The second-order valence-electron chi connectivity index (χ2n) is 2.69. The lowest BCUT2D eigenvalue weighted by Gasteiger charge is -2.06. The third-order valence-corrected chi connectivity index (χ3v) is 1.68. The van der Waals surface area contributed by atoms with Crippen molar-refractivity contribution in [3.63, 3.8) is 0 Å². The number of aryl methyl sites for hydroxylation is 1. The summed E-state index contributed by atoms with van der Waals surface area (Å²) in [5.41, 5.74) is -1.97. The van der Waals surface area contributed by atoms with Gasteiger partial charge in [-0.3, -0.25) is 9.78 Å². The Bertz CT molecular complexity index is 472. The molecule has 1 unspecified atom stereocenters. The number of nitrogens with one attached hydrogen (secondary N) is 2. The highest BCUT2D eigenvalue weighted by Crippen LogP contribution is 2.09. The molecule has 1 atom stereocenters. The molecule has 0 bridgehead atoms. The van der Waals surface area contributed by atoms with Crippen LogP contribution in [0.4, 0.5) is 0 Å². The number of aliphatic hydroxyl groups excluding tert-OH is 1. The number of aliphatic hydroxyl groups is 1. The lowest BCUT2D eigenvalue weighted by atomic mass is 10.1. The van der Waals surface area contributed by atoms with Crippen molar-refractivity contribution in [1.29, 1.82) is 0 Å². The molecule has 0 aliphatic rings. The first kappa shape index (κ1) is 10.2. The second kappa shape index (κ2) is 3.46. The molecule has 4 N–H and O–H groups in total. The molecular weight excluding hydrogens is 192 g/mol. The van der Waals surface area contributed by atoms with Gasteiger partial charge in [0.25, 0.3) is 5.56 Å². The SMILES string of the molecule is Cc1[nH]c(=O)[nH]c(=O)c1C(O)C(=O)O. The van der Waals surface area contributed by atoms with E-state index >= 15 is 0 Å². The molecule has 0 aliphatic carbocycles. The summed E-state index contributed by atoms with van der Waals surface area (Å²) < 4.78 is 0. The summed E-state index contributed by atoms with van der Waals surface area (Å²) in [5.74, 6) is -1.55. The zero-order valence-electron chi connectivity index (χ0n) is 7.20. The van der Waals surface area contributed by atoms with Gasteiger partial charge in [0.05, 0.1) is 5.56 Å². The molecule has 0 aliphatic heterocycles. The van der Waals surface area contributed by atoms with E-state index in [1.54, 1.807) is 0 Å². The highest BCUT2D eigenvalue weighted by molar-refractivity contribution is 5.74. The van der Waals surface area contributed by atoms with E-state index in [1.165, 1.54) is 6.92 Å². The van der Waals surface area contributed by atoms with Gasteiger partial charge in [-0.2, -0.15) is 0 Å². The van der Waals surface area contributed by atoms with Crippen LogP contribution in [-0.2, 0) is 4.79 Å². The van der Waals surface area contributed by atoms with Crippen molar-refractivity contribution in [3.8, 4) is 0 Å². The van der Waals surface area contributed by atoms with E-state index in [4.69, 9.17) is 10.2 Å². The molecule has 76 valence electrons. The number of hydrogen-bond acceptors (Lipinski definition) is 4. The summed E-state index contributed by atoms with van der Waals surface area (Å²) in [6.45, 7) is 1.33. The summed E-state index contributed by atoms with van der Waals surface area (Å²) >= 11 is 0. The summed E-state index contributed by atoms with van der Waals surface area (Å²) in [5, 5.41) is 17.6. The van der Waals surface area contributed by atoms with Crippen LogP contribution in [0, 0.1) is 6.92 Å². The van der Waals surface area contributed by atoms with E-state index < -0.39 is 23.3 Å². The quantitative estimate of drug-likeness (QED) is 0.462. The number of hydrogen-bond donors (Lipinski definition) is 4. The minimum atomic E-state index is -1.93. The Labute approximate surface area is 77.0 Å². The zero-order chi connectivity index (χ0) is 10.9. The fraction of sp³-hybridized carbons (Fsp3) is 0.286. The molecule has 0 saturated carbocycles. The zero-order valence-corrected chi connectivity index (χ0v) is 7.20. The van der Waals surface area contributed by atoms with Gasteiger partial charge in [0.2, 0.25) is 0 Å². The van der Waals surface area contributed by atoms with E-state index in [9.17, 15) is 14.4 Å². The monoisotopic (exact) mass is 200 g/mol. The van der Waals surface area contributed by atoms with Gasteiger partial charge in [-0.25, -0.2) is 9.59 Å². The van der Waals surface area contributed by atoms with Crippen LogP contribution in [0.2, 0.25) is 0 Å². The Kier molecular flexibility index (Phi) is 2.52. The van der Waals surface area contributed by atoms with Crippen LogP contribution in [0.1, 0.15) is 17.4 Å². The van der Waals surface area contributed by atoms with E-state index in [1.807, 2.05) is 4.98 Å². The summed E-state index contributed by atoms with van der Waals surface area (Å²) in [4.78, 5) is 36.2. The van der Waals surface area contributed by atoms with Crippen LogP contribution < -0.4 is 11.2 Å². The van der Waals surface area contributed by atoms with Crippen molar-refractivity contribution in [2.24, 2.45) is 0 Å². The summed E-state index contributed by atoms with van der Waals surface area (Å²) in [6.07, 6.45) is -1.93. The van der Waals surface area contributed by atoms with Crippen molar-refractivity contribution in [1.82, 2.24) is 9.97 Å². The van der Waals surface area contributed by atoms with Gasteiger partial charge < -0.3 is 15.2 Å². The molecule has 1 rings (SSSR count). The predicted octanol–water partition coefficient (Wildman–Crippen LogP) is -1.51. The summed E-state index contributed by atoms with van der Waals surface area (Å²) in [6, 6.07) is 0. The van der Waals surface area contributed by atoms with E-state index in [0.717, 1.165) is 0 Å². The average Bonchev–Trinajstić information content (AvgIpc) is 2.01. The first-order chi connectivity index (χ1) is 6.43. The van der Waals surface area contributed by atoms with Crippen molar-refractivity contribution in [3.05, 3.63) is 32.1 Å². The third kappa shape index (κ3) is 1.72. The molecule has 0 spiro atoms. The highest BCUT2D eigenvalue weighted by atomic mass is 16.4. The molecule has 0 aromatic carbocycles. The minimum Gasteiger partial charge on any atom is -0.479 e. The Morgan fingerprint density at radius 2 is 1.93 bits per heavy atom. The molecule has 0 amide bonds. The first-order valence-electron chi connectivity index (χ1n) is 3.67. The predicted molar refractivity (Wildman–Crippen MR) is 45.0 cm³/mol. The van der Waals surface area contributed by atoms with E-state index in [-0.39, 0.29) is 11.3 Å². The van der Waals surface area contributed by atoms with Crippen LogP contribution in [0.3, 0.4) is 0 Å². The molecule has 1 heterocycles. The van der Waals surface area contributed by atoms with Crippen LogP contribution in [0.15, 0.2) is 9.59 Å². The lowest BCUT2D eigenvalue weighted by Crippen LogP contribution is -2.30. The number of H-pyrrole nitrogens is 2. The molecule has 1 aromatic rings. The lowest BCUT2D eigenvalue weighted by molar-refractivity contribution is -0.147. The molecular formula is C7H8N2O5. The van der Waals surface area contributed by atoms with Gasteiger partial charge in [-0.05, 0) is 6.92 Å². The van der Waals surface area contributed by atoms with Crippen LogP contribution in [-0.4, -0.2) is 26.2 Å². The molecule has 7 nitrogen and oxygen atoms in total. The van der Waals surface area contributed by atoms with Gasteiger partial charge in [0.15, 0.2) is 6.10 Å². The number of carboxylic acids is 1. The Balaban J connectivity index is 3.42. The van der Waals surface area contributed by atoms with Crippen LogP contribution in [0.25, 0.3) is 0 Å². The van der Waals surface area contributed by atoms with Crippen molar-refractivity contribution in [2.45, 2.75) is 13.0 Å². The summed E-state index contributed by atoms with van der Waals surface area (Å²) in [7, 11) is 0. The standard InChI is InChI=1S/C7H8N2O5/c1-2-3(4(10)6(12)13)5(11)9-7(14)8-2/h4,10H,1H3,(H,12,13)(H2,8,9,11,14). The van der Waals surface area contributed by atoms with Crippen molar-refractivity contribution in [2.75, 3.05) is 0 Å². The number of aliphatic carboxylic acids is 1. The Morgan fingerprint density at radius 3 is 2.36 bits per heavy atom. The van der Waals surface area contributed by atoms with Crippen LogP contribution >= 0.6 is 0 Å². The van der Waals surface area contributed by atoms with Gasteiger partial charge in [0.1, 0.15) is 0 Å². The maximum atomic E-state index is 11.1. The number of aromatic amines is 2. The average molecular weight is 200 g/mol. The smallest absolute Gasteiger partial charge is 0.337 e. The van der Waals surface area contributed by atoms with Gasteiger partial charge >= 0.3 is 11.7 Å². The molecule has 7 heteroatoms. The Morgan fingerprint density at radius 1 is 1.36 bits per heavy atom. The number of carbonyl (C=O) groups is 1. The largest absolute Gasteiger partial charge is 0.479 e. The maximum Gasteiger partial charge on any atom is 0.337 e. The number of rotatable bonds is 2. The van der Waals surface area contributed by atoms with Crippen molar-refractivity contribution < 1.29 is 15.0 Å². The fourth-order valence-electron chi connectivity index (χ4n) is 1.06. The van der Waals surface area contributed by atoms with E-state index in [0.29, 0.717) is 0 Å². The molecule has 0 saturated heterocycles. The second-order valence-corrected chi connectivity index (χ2v) is 2.69. The molecule has 14 heavy (non-hydrogen) atoms. The number of carboxylic acid groups (broad SMARTS) is 1. The number of aromatic nitrogens is 2. The van der Waals surface area contributed by atoms with Crippen molar-refractivity contribution >= 4 is 5.97 Å². The van der Waals surface area contributed by atoms with Gasteiger partial charge in [0, 0.05) is 5.69 Å². The van der Waals surface area contributed by atoms with Gasteiger partial charge in [-0.1, -0.05) is 0 Å². The molecule has 0 fully saturated rings.